The van der Waals surface area contributed by atoms with E-state index in [1.807, 2.05) is 30.3 Å². The van der Waals surface area contributed by atoms with Crippen LogP contribution in [-0.4, -0.2) is 34.9 Å². The molecule has 148 valence electrons. The number of nitrogen functional groups attached to an aromatic ring is 1. The number of nitriles is 1. The molecule has 0 atom stereocenters. The number of aromatic nitrogens is 7. The molecule has 0 aliphatic carbocycles. The molecule has 0 aliphatic rings. The van der Waals surface area contributed by atoms with E-state index >= 15 is 0 Å². The summed E-state index contributed by atoms with van der Waals surface area (Å²) in [5, 5.41) is 18.8. The fourth-order valence-corrected chi connectivity index (χ4v) is 3.40. The van der Waals surface area contributed by atoms with E-state index in [4.69, 9.17) is 5.73 Å². The molecule has 0 saturated carbocycles. The van der Waals surface area contributed by atoms with Crippen LogP contribution in [0.1, 0.15) is 11.3 Å². The van der Waals surface area contributed by atoms with Crippen LogP contribution in [0.2, 0.25) is 0 Å². The minimum absolute atomic E-state index is 0.225. The lowest BCUT2D eigenvalue weighted by Gasteiger charge is -2.11. The van der Waals surface area contributed by atoms with Gasteiger partial charge in [-0.15, -0.1) is 5.10 Å². The molecule has 0 aliphatic heterocycles. The zero-order chi connectivity index (χ0) is 21.2. The highest BCUT2D eigenvalue weighted by molar-refractivity contribution is 6.02. The van der Waals surface area contributed by atoms with Gasteiger partial charge in [-0.05, 0) is 24.3 Å². The number of nitrogens with zero attached hydrogens (tertiary/aromatic N) is 8. The minimum Gasteiger partial charge on any atom is -0.382 e. The topological polar surface area (TPSA) is 132 Å². The molecular weight excluding hydrogens is 390 g/mol. The van der Waals surface area contributed by atoms with E-state index in [1.165, 1.54) is 11.1 Å². The first kappa shape index (κ1) is 18.3. The van der Waals surface area contributed by atoms with Crippen LogP contribution in [0, 0.1) is 11.3 Å². The molecule has 0 radical (unpaired) electrons. The van der Waals surface area contributed by atoms with E-state index < -0.39 is 0 Å². The summed E-state index contributed by atoms with van der Waals surface area (Å²) < 4.78 is 0. The van der Waals surface area contributed by atoms with E-state index in [1.54, 1.807) is 30.6 Å². The third-order valence-corrected chi connectivity index (χ3v) is 4.77. The first-order valence-electron chi connectivity index (χ1n) is 9.44. The van der Waals surface area contributed by atoms with Crippen LogP contribution < -0.4 is 5.73 Å². The van der Waals surface area contributed by atoms with Crippen molar-refractivity contribution in [3.63, 3.8) is 0 Å². The predicted octanol–water partition coefficient (Wildman–Crippen LogP) is 2.85. The number of hydrogen-bond acceptors (Lipinski definition) is 8. The van der Waals surface area contributed by atoms with Gasteiger partial charge in [0.1, 0.15) is 18.4 Å². The van der Waals surface area contributed by atoms with Crippen molar-refractivity contribution >= 4 is 16.9 Å². The Hall–Kier alpha value is -4.71. The molecule has 2 N–H and O–H groups in total. The smallest absolute Gasteiger partial charge is 0.156 e. The van der Waals surface area contributed by atoms with Crippen molar-refractivity contribution in [1.29, 1.82) is 5.26 Å². The van der Waals surface area contributed by atoms with Crippen molar-refractivity contribution in [3.05, 3.63) is 78.5 Å². The molecule has 4 aromatic heterocycles. The first-order valence-corrected chi connectivity index (χ1v) is 9.44. The van der Waals surface area contributed by atoms with Gasteiger partial charge in [0.2, 0.25) is 0 Å². The fourth-order valence-electron chi connectivity index (χ4n) is 3.40. The van der Waals surface area contributed by atoms with Crippen LogP contribution in [-0.2, 0) is 6.54 Å². The Morgan fingerprint density at radius 2 is 1.77 bits per heavy atom. The van der Waals surface area contributed by atoms with Gasteiger partial charge >= 0.3 is 0 Å². The predicted molar refractivity (Wildman–Crippen MR) is 114 cm³/mol. The van der Waals surface area contributed by atoms with E-state index in [0.29, 0.717) is 45.7 Å². The molecule has 31 heavy (non-hydrogen) atoms. The van der Waals surface area contributed by atoms with Crippen molar-refractivity contribution in [2.75, 3.05) is 5.73 Å². The number of anilines is 1. The van der Waals surface area contributed by atoms with Crippen molar-refractivity contribution in [3.8, 4) is 28.6 Å². The largest absolute Gasteiger partial charge is 0.382 e. The molecule has 0 saturated heterocycles. The summed E-state index contributed by atoms with van der Waals surface area (Å²) in [7, 11) is 0. The van der Waals surface area contributed by atoms with Crippen LogP contribution in [0.3, 0.4) is 0 Å². The maximum absolute atomic E-state index is 9.62. The van der Waals surface area contributed by atoms with Gasteiger partial charge in [0.05, 0.1) is 34.3 Å². The van der Waals surface area contributed by atoms with Crippen molar-refractivity contribution < 1.29 is 0 Å². The summed E-state index contributed by atoms with van der Waals surface area (Å²) in [4.78, 5) is 18.9. The van der Waals surface area contributed by atoms with Crippen LogP contribution >= 0.6 is 0 Å². The van der Waals surface area contributed by atoms with Gasteiger partial charge in [-0.3, -0.25) is 4.98 Å². The Bertz CT molecular complexity index is 1420. The quantitative estimate of drug-likeness (QED) is 0.483. The second-order valence-corrected chi connectivity index (χ2v) is 6.72. The maximum Gasteiger partial charge on any atom is 0.156 e. The Kier molecular flexibility index (Phi) is 4.50. The highest BCUT2D eigenvalue weighted by Crippen LogP contribution is 2.37. The summed E-state index contributed by atoms with van der Waals surface area (Å²) in [5.41, 5.74) is 11.0. The molecule has 0 fully saturated rings. The van der Waals surface area contributed by atoms with Crippen molar-refractivity contribution in [1.82, 2.24) is 34.9 Å². The van der Waals surface area contributed by atoms with Crippen LogP contribution in [0.25, 0.3) is 33.5 Å². The van der Waals surface area contributed by atoms with E-state index in [0.717, 1.165) is 5.69 Å². The first-order chi connectivity index (χ1) is 15.2. The molecule has 0 bridgehead atoms. The van der Waals surface area contributed by atoms with Crippen LogP contribution in [0.5, 0.6) is 0 Å². The lowest BCUT2D eigenvalue weighted by atomic mass is 9.98. The molecule has 9 heteroatoms. The van der Waals surface area contributed by atoms with Gasteiger partial charge in [0.25, 0.3) is 0 Å². The number of benzene rings is 1. The Labute approximate surface area is 176 Å². The standard InChI is InChI=1S/C22H15N9/c23-11-14-5-1-2-7-16(14)19-18(17-8-10-25-13-27-17)20-21(22(24)28-19)30-31(29-20)12-15-6-3-4-9-26-15/h1-10,13H,12H2,(H2,24,28). The van der Waals surface area contributed by atoms with Gasteiger partial charge in [0, 0.05) is 18.0 Å². The van der Waals surface area contributed by atoms with Gasteiger partial charge in [-0.1, -0.05) is 24.3 Å². The van der Waals surface area contributed by atoms with Gasteiger partial charge in [-0.25, -0.2) is 15.0 Å². The Morgan fingerprint density at radius 3 is 2.55 bits per heavy atom. The minimum atomic E-state index is 0.225. The molecule has 0 unspecified atom stereocenters. The second-order valence-electron chi connectivity index (χ2n) is 6.72. The normalized spacial score (nSPS) is 10.8. The van der Waals surface area contributed by atoms with Gasteiger partial charge in [-0.2, -0.15) is 15.2 Å². The zero-order valence-electron chi connectivity index (χ0n) is 16.2. The molecule has 1 aromatic carbocycles. The van der Waals surface area contributed by atoms with E-state index in [2.05, 4.69) is 36.2 Å². The van der Waals surface area contributed by atoms with Crippen molar-refractivity contribution in [2.24, 2.45) is 0 Å². The maximum atomic E-state index is 9.62. The lowest BCUT2D eigenvalue weighted by molar-refractivity contribution is 0.591. The molecule has 5 rings (SSSR count). The fraction of sp³-hybridized carbons (Fsp3) is 0.0455. The third-order valence-electron chi connectivity index (χ3n) is 4.77. The molecular formula is C22H15N9. The second kappa shape index (κ2) is 7.61. The van der Waals surface area contributed by atoms with Gasteiger partial charge in [0.15, 0.2) is 11.3 Å². The van der Waals surface area contributed by atoms with E-state index in [-0.39, 0.29) is 5.82 Å². The lowest BCUT2D eigenvalue weighted by Crippen LogP contribution is -2.05. The molecule has 9 nitrogen and oxygen atoms in total. The third kappa shape index (κ3) is 3.32. The molecule has 0 spiro atoms. The van der Waals surface area contributed by atoms with Crippen LogP contribution in [0.4, 0.5) is 5.82 Å². The average molecular weight is 405 g/mol. The number of rotatable bonds is 4. The van der Waals surface area contributed by atoms with E-state index in [9.17, 15) is 5.26 Å². The Balaban J connectivity index is 1.79. The molecule has 4 heterocycles. The number of hydrogen-bond donors (Lipinski definition) is 1. The summed E-state index contributed by atoms with van der Waals surface area (Å²) in [6.45, 7) is 0.377. The van der Waals surface area contributed by atoms with Gasteiger partial charge < -0.3 is 5.73 Å². The number of pyridine rings is 2. The van der Waals surface area contributed by atoms with Crippen LogP contribution in [0.15, 0.2) is 67.3 Å². The summed E-state index contributed by atoms with van der Waals surface area (Å²) in [6, 6.07) is 16.9. The zero-order valence-corrected chi connectivity index (χ0v) is 16.2. The summed E-state index contributed by atoms with van der Waals surface area (Å²) >= 11 is 0. The SMILES string of the molecule is N#Cc1ccccc1-c1nc(N)c2nn(Cc3ccccn3)nc2c1-c1ccncn1. The van der Waals surface area contributed by atoms with Crippen molar-refractivity contribution in [2.45, 2.75) is 6.54 Å². The molecule has 5 aromatic rings. The highest BCUT2D eigenvalue weighted by Gasteiger charge is 2.22. The molecule has 0 amide bonds. The summed E-state index contributed by atoms with van der Waals surface area (Å²) in [6.07, 6.45) is 4.82. The summed E-state index contributed by atoms with van der Waals surface area (Å²) in [5.74, 6) is 0.225. The highest BCUT2D eigenvalue weighted by atomic mass is 15.5. The number of fused-ring (bicyclic) bond motifs is 1. The Morgan fingerprint density at radius 1 is 0.935 bits per heavy atom. The number of nitrogens with two attached hydrogens (primary N) is 1. The average Bonchev–Trinajstić information content (AvgIpc) is 3.24. The monoisotopic (exact) mass is 405 g/mol.